The van der Waals surface area contributed by atoms with E-state index in [2.05, 4.69) is 22.4 Å². The summed E-state index contributed by atoms with van der Waals surface area (Å²) in [6.07, 6.45) is 1.07. The maximum absolute atomic E-state index is 5.72. The molecule has 0 aliphatic heterocycles. The maximum Gasteiger partial charge on any atom is 0.205 e. The predicted molar refractivity (Wildman–Crippen MR) is 80.2 cm³/mol. The van der Waals surface area contributed by atoms with Crippen LogP contribution in [-0.2, 0) is 18.0 Å². The molecular weight excluding hydrogens is 274 g/mol. The summed E-state index contributed by atoms with van der Waals surface area (Å²) in [5.41, 5.74) is 1.09. The van der Waals surface area contributed by atoms with E-state index in [0.29, 0.717) is 13.2 Å². The van der Waals surface area contributed by atoms with Crippen LogP contribution >= 0.6 is 11.3 Å². The summed E-state index contributed by atoms with van der Waals surface area (Å²) >= 11 is 1.52. The molecule has 2 rings (SSSR count). The lowest BCUT2D eigenvalue weighted by atomic mass is 10.2. The van der Waals surface area contributed by atoms with E-state index >= 15 is 0 Å². The fraction of sp³-hybridized carbons (Fsp3) is 0.429. The molecule has 20 heavy (non-hydrogen) atoms. The summed E-state index contributed by atoms with van der Waals surface area (Å²) in [7, 11) is 1.68. The van der Waals surface area contributed by atoms with Crippen LogP contribution in [0.4, 0.5) is 5.13 Å². The Kier molecular flexibility index (Phi) is 5.76. The van der Waals surface area contributed by atoms with E-state index in [0.717, 1.165) is 34.4 Å². The molecule has 1 aromatic heterocycles. The van der Waals surface area contributed by atoms with Crippen molar-refractivity contribution in [3.63, 3.8) is 0 Å². The zero-order valence-electron chi connectivity index (χ0n) is 11.8. The minimum atomic E-state index is 0.432. The number of aromatic nitrogens is 2. The van der Waals surface area contributed by atoms with E-state index in [1.165, 1.54) is 11.3 Å². The van der Waals surface area contributed by atoms with Gasteiger partial charge in [0, 0.05) is 13.7 Å². The van der Waals surface area contributed by atoms with Gasteiger partial charge in [0.05, 0.1) is 6.61 Å². The van der Waals surface area contributed by atoms with Crippen molar-refractivity contribution < 1.29 is 9.47 Å². The zero-order chi connectivity index (χ0) is 14.2. The molecule has 0 saturated carbocycles. The second kappa shape index (κ2) is 7.81. The zero-order valence-corrected chi connectivity index (χ0v) is 12.6. The van der Waals surface area contributed by atoms with Gasteiger partial charge in [-0.1, -0.05) is 30.4 Å². The Morgan fingerprint density at radius 3 is 2.95 bits per heavy atom. The van der Waals surface area contributed by atoms with Gasteiger partial charge in [-0.15, -0.1) is 10.2 Å². The number of anilines is 1. The molecule has 1 aromatic carbocycles. The molecule has 0 radical (unpaired) electrons. The first-order valence-electron chi connectivity index (χ1n) is 6.58. The molecule has 6 heteroatoms. The van der Waals surface area contributed by atoms with Crippen molar-refractivity contribution in [3.05, 3.63) is 34.8 Å². The van der Waals surface area contributed by atoms with Gasteiger partial charge in [-0.2, -0.15) is 0 Å². The highest BCUT2D eigenvalue weighted by atomic mass is 32.1. The van der Waals surface area contributed by atoms with E-state index in [-0.39, 0.29) is 0 Å². The van der Waals surface area contributed by atoms with Gasteiger partial charge in [-0.05, 0) is 24.1 Å². The van der Waals surface area contributed by atoms with Gasteiger partial charge in [-0.3, -0.25) is 0 Å². The van der Waals surface area contributed by atoms with E-state index in [1.807, 2.05) is 24.3 Å². The van der Waals surface area contributed by atoms with Crippen LogP contribution in [0, 0.1) is 0 Å². The minimum absolute atomic E-state index is 0.432. The summed E-state index contributed by atoms with van der Waals surface area (Å²) in [5, 5.41) is 13.1. The second-order valence-electron chi connectivity index (χ2n) is 4.30. The third kappa shape index (κ3) is 4.47. The molecule has 0 bridgehead atoms. The molecule has 108 valence electrons. The minimum Gasteiger partial charge on any atom is -0.486 e. The van der Waals surface area contributed by atoms with Crippen LogP contribution in [0.25, 0.3) is 0 Å². The van der Waals surface area contributed by atoms with Crippen LogP contribution in [-0.4, -0.2) is 23.9 Å². The number of methoxy groups -OCH3 is 1. The van der Waals surface area contributed by atoms with E-state index in [1.54, 1.807) is 7.11 Å². The fourth-order valence-corrected chi connectivity index (χ4v) is 2.33. The normalized spacial score (nSPS) is 10.5. The quantitative estimate of drug-likeness (QED) is 0.810. The third-order valence-electron chi connectivity index (χ3n) is 2.56. The number of benzene rings is 1. The number of hydrogen-bond donors (Lipinski definition) is 1. The van der Waals surface area contributed by atoms with Gasteiger partial charge in [-0.25, -0.2) is 0 Å². The molecule has 1 heterocycles. The summed E-state index contributed by atoms with van der Waals surface area (Å²) < 4.78 is 10.8. The number of nitrogens with zero attached hydrogens (tertiary/aromatic N) is 2. The Morgan fingerprint density at radius 1 is 1.25 bits per heavy atom. The Balaban J connectivity index is 1.88. The van der Waals surface area contributed by atoms with Gasteiger partial charge >= 0.3 is 0 Å². The molecular formula is C14H19N3O2S. The van der Waals surface area contributed by atoms with Crippen LogP contribution in [0.1, 0.15) is 23.9 Å². The van der Waals surface area contributed by atoms with Gasteiger partial charge in [0.2, 0.25) is 5.13 Å². The lowest BCUT2D eigenvalue weighted by Gasteiger charge is -2.05. The van der Waals surface area contributed by atoms with Gasteiger partial charge in [0.1, 0.15) is 12.4 Å². The van der Waals surface area contributed by atoms with Crippen LogP contribution in [0.5, 0.6) is 5.75 Å². The van der Waals surface area contributed by atoms with E-state index in [9.17, 15) is 0 Å². The average molecular weight is 293 g/mol. The highest BCUT2D eigenvalue weighted by Gasteiger charge is 2.04. The van der Waals surface area contributed by atoms with Crippen LogP contribution < -0.4 is 10.1 Å². The number of hydrogen-bond acceptors (Lipinski definition) is 6. The Bertz CT molecular complexity index is 531. The first-order valence-corrected chi connectivity index (χ1v) is 7.40. The van der Waals surface area contributed by atoms with Crippen molar-refractivity contribution >= 4 is 16.5 Å². The molecule has 0 fully saturated rings. The van der Waals surface area contributed by atoms with Crippen molar-refractivity contribution in [2.45, 2.75) is 26.6 Å². The molecule has 0 aliphatic carbocycles. The average Bonchev–Trinajstić information content (AvgIpc) is 2.92. The summed E-state index contributed by atoms with van der Waals surface area (Å²) in [5.74, 6) is 0.817. The maximum atomic E-state index is 5.72. The molecule has 0 atom stereocenters. The molecule has 2 aromatic rings. The Morgan fingerprint density at radius 2 is 2.15 bits per heavy atom. The summed E-state index contributed by atoms with van der Waals surface area (Å²) in [4.78, 5) is 0. The number of rotatable bonds is 8. The second-order valence-corrected chi connectivity index (χ2v) is 5.36. The van der Waals surface area contributed by atoms with Gasteiger partial charge < -0.3 is 14.8 Å². The SMILES string of the molecule is CCCNc1nnc(COc2cccc(COC)c2)s1. The standard InChI is InChI=1S/C14H19N3O2S/c1-3-7-15-14-17-16-13(20-14)10-19-12-6-4-5-11(8-12)9-18-2/h4-6,8H,3,7,9-10H2,1-2H3,(H,15,17). The third-order valence-corrected chi connectivity index (χ3v) is 3.42. The Labute approximate surface area is 123 Å². The van der Waals surface area contributed by atoms with Crippen molar-refractivity contribution in [2.24, 2.45) is 0 Å². The number of nitrogens with one attached hydrogen (secondary N) is 1. The van der Waals surface area contributed by atoms with Gasteiger partial charge in [0.25, 0.3) is 0 Å². The summed E-state index contributed by atoms with van der Waals surface area (Å²) in [6.45, 7) is 4.04. The van der Waals surface area contributed by atoms with E-state index < -0.39 is 0 Å². The molecule has 0 amide bonds. The highest BCUT2D eigenvalue weighted by Crippen LogP contribution is 2.19. The first kappa shape index (κ1) is 14.7. The Hall–Kier alpha value is -1.66. The van der Waals surface area contributed by atoms with Crippen LogP contribution in [0.15, 0.2) is 24.3 Å². The molecule has 0 spiro atoms. The smallest absolute Gasteiger partial charge is 0.205 e. The largest absolute Gasteiger partial charge is 0.486 e. The van der Waals surface area contributed by atoms with Crippen LogP contribution in [0.3, 0.4) is 0 Å². The van der Waals surface area contributed by atoms with Crippen LogP contribution in [0.2, 0.25) is 0 Å². The summed E-state index contributed by atoms with van der Waals surface area (Å²) in [6, 6.07) is 7.86. The van der Waals surface area contributed by atoms with E-state index in [4.69, 9.17) is 9.47 Å². The fourth-order valence-electron chi connectivity index (χ4n) is 1.65. The lowest BCUT2D eigenvalue weighted by molar-refractivity contribution is 0.184. The molecule has 0 saturated heterocycles. The first-order chi connectivity index (χ1) is 9.81. The highest BCUT2D eigenvalue weighted by molar-refractivity contribution is 7.15. The molecule has 0 unspecified atom stereocenters. The van der Waals surface area contributed by atoms with Gasteiger partial charge in [0.15, 0.2) is 5.01 Å². The van der Waals surface area contributed by atoms with Crippen molar-refractivity contribution in [1.29, 1.82) is 0 Å². The lowest BCUT2D eigenvalue weighted by Crippen LogP contribution is -1.98. The number of ether oxygens (including phenoxy) is 2. The molecule has 0 aliphatic rings. The van der Waals surface area contributed by atoms with Crippen molar-refractivity contribution in [2.75, 3.05) is 19.0 Å². The predicted octanol–water partition coefficient (Wildman–Crippen LogP) is 3.09. The van der Waals surface area contributed by atoms with Crippen molar-refractivity contribution in [1.82, 2.24) is 10.2 Å². The van der Waals surface area contributed by atoms with Crippen molar-refractivity contribution in [3.8, 4) is 5.75 Å². The monoisotopic (exact) mass is 293 g/mol. The molecule has 1 N–H and O–H groups in total. The topological polar surface area (TPSA) is 56.3 Å². The molecule has 5 nitrogen and oxygen atoms in total.